The highest BCUT2D eigenvalue weighted by Crippen LogP contribution is 2.40. The Kier molecular flexibility index (Phi) is 8.67. The fourth-order valence-corrected chi connectivity index (χ4v) is 2.96. The Morgan fingerprint density at radius 3 is 2.47 bits per heavy atom. The Morgan fingerprint density at radius 2 is 1.84 bits per heavy atom. The van der Waals surface area contributed by atoms with E-state index in [1.807, 2.05) is 0 Å². The maximum atomic E-state index is 5.74. The summed E-state index contributed by atoms with van der Waals surface area (Å²) in [5, 5.41) is 3.65. The van der Waals surface area contributed by atoms with Gasteiger partial charge in [0.2, 0.25) is 0 Å². The molecular weight excluding hydrogens is 238 g/mol. The second kappa shape index (κ2) is 9.73. The number of ether oxygens (including phenoxy) is 2. The minimum Gasteiger partial charge on any atom is -0.385 e. The van der Waals surface area contributed by atoms with Gasteiger partial charge < -0.3 is 14.8 Å². The molecule has 1 rings (SSSR count). The van der Waals surface area contributed by atoms with Crippen LogP contribution < -0.4 is 5.32 Å². The van der Waals surface area contributed by atoms with Crippen molar-refractivity contribution in [2.24, 2.45) is 11.3 Å². The summed E-state index contributed by atoms with van der Waals surface area (Å²) >= 11 is 0. The van der Waals surface area contributed by atoms with Crippen molar-refractivity contribution in [3.05, 3.63) is 0 Å². The second-order valence-corrected chi connectivity index (χ2v) is 6.44. The zero-order chi connectivity index (χ0) is 14.0. The quantitative estimate of drug-likeness (QED) is 0.585. The summed E-state index contributed by atoms with van der Waals surface area (Å²) in [6.45, 7) is 9.40. The maximum absolute atomic E-state index is 5.74. The van der Waals surface area contributed by atoms with Crippen molar-refractivity contribution in [3.8, 4) is 0 Å². The Hall–Kier alpha value is -0.120. The van der Waals surface area contributed by atoms with Gasteiger partial charge in [-0.15, -0.1) is 0 Å². The van der Waals surface area contributed by atoms with Crippen molar-refractivity contribution in [1.29, 1.82) is 0 Å². The van der Waals surface area contributed by atoms with Gasteiger partial charge in [-0.2, -0.15) is 0 Å². The summed E-state index contributed by atoms with van der Waals surface area (Å²) in [5.41, 5.74) is 0.510. The molecule has 0 atom stereocenters. The summed E-state index contributed by atoms with van der Waals surface area (Å²) in [6, 6.07) is 0. The van der Waals surface area contributed by atoms with E-state index in [-0.39, 0.29) is 0 Å². The first-order valence-corrected chi connectivity index (χ1v) is 7.96. The first-order chi connectivity index (χ1) is 9.18. The third-order valence-corrected chi connectivity index (χ3v) is 4.13. The summed E-state index contributed by atoms with van der Waals surface area (Å²) in [5.74, 6) is 0.740. The highest BCUT2D eigenvalue weighted by atomic mass is 16.5. The van der Waals surface area contributed by atoms with Crippen LogP contribution in [0.25, 0.3) is 0 Å². The molecule has 3 nitrogen and oxygen atoms in total. The molecule has 114 valence electrons. The van der Waals surface area contributed by atoms with Crippen molar-refractivity contribution >= 4 is 0 Å². The lowest BCUT2D eigenvalue weighted by Gasteiger charge is -2.29. The van der Waals surface area contributed by atoms with Gasteiger partial charge in [0.05, 0.1) is 0 Å². The average Bonchev–Trinajstić information content (AvgIpc) is 2.82. The van der Waals surface area contributed by atoms with Crippen molar-refractivity contribution in [2.45, 2.75) is 52.4 Å². The fourth-order valence-electron chi connectivity index (χ4n) is 2.96. The Morgan fingerprint density at radius 1 is 1.11 bits per heavy atom. The lowest BCUT2D eigenvalue weighted by Crippen LogP contribution is -2.35. The number of nitrogens with one attached hydrogen (secondary N) is 1. The topological polar surface area (TPSA) is 30.5 Å². The van der Waals surface area contributed by atoms with Gasteiger partial charge in [-0.1, -0.05) is 26.7 Å². The molecular formula is C16H33NO2. The lowest BCUT2D eigenvalue weighted by molar-refractivity contribution is 0.0762. The molecule has 0 aromatic carbocycles. The number of hydrogen-bond donors (Lipinski definition) is 1. The molecule has 1 N–H and O–H groups in total. The Bertz CT molecular complexity index is 213. The molecule has 0 amide bonds. The average molecular weight is 271 g/mol. The zero-order valence-corrected chi connectivity index (χ0v) is 13.2. The monoisotopic (exact) mass is 271 g/mol. The van der Waals surface area contributed by atoms with Crippen molar-refractivity contribution in [2.75, 3.05) is 40.0 Å². The van der Waals surface area contributed by atoms with Gasteiger partial charge in [-0.25, -0.2) is 0 Å². The largest absolute Gasteiger partial charge is 0.385 e. The van der Waals surface area contributed by atoms with Crippen LogP contribution in [0, 0.1) is 11.3 Å². The van der Waals surface area contributed by atoms with E-state index in [9.17, 15) is 0 Å². The molecule has 0 aromatic rings. The van der Waals surface area contributed by atoms with Crippen LogP contribution in [0.15, 0.2) is 0 Å². The summed E-state index contributed by atoms with van der Waals surface area (Å²) in [7, 11) is 1.74. The van der Waals surface area contributed by atoms with E-state index in [0.29, 0.717) is 5.41 Å². The summed E-state index contributed by atoms with van der Waals surface area (Å²) in [4.78, 5) is 0. The van der Waals surface area contributed by atoms with E-state index in [4.69, 9.17) is 9.47 Å². The third-order valence-electron chi connectivity index (χ3n) is 4.13. The number of hydrogen-bond acceptors (Lipinski definition) is 3. The molecule has 0 aromatic heterocycles. The summed E-state index contributed by atoms with van der Waals surface area (Å²) in [6.07, 6.45) is 7.76. The molecule has 1 saturated carbocycles. The molecule has 1 fully saturated rings. The van der Waals surface area contributed by atoms with E-state index in [2.05, 4.69) is 19.2 Å². The van der Waals surface area contributed by atoms with E-state index >= 15 is 0 Å². The fraction of sp³-hybridized carbons (Fsp3) is 1.00. The van der Waals surface area contributed by atoms with Gasteiger partial charge >= 0.3 is 0 Å². The normalized spacial score (nSPS) is 18.3. The van der Waals surface area contributed by atoms with Gasteiger partial charge in [0.1, 0.15) is 0 Å². The van der Waals surface area contributed by atoms with Gasteiger partial charge in [0.15, 0.2) is 0 Å². The zero-order valence-electron chi connectivity index (χ0n) is 13.2. The number of rotatable bonds is 11. The van der Waals surface area contributed by atoms with Crippen molar-refractivity contribution in [3.63, 3.8) is 0 Å². The predicted molar refractivity (Wildman–Crippen MR) is 80.5 cm³/mol. The molecule has 3 heteroatoms. The third kappa shape index (κ3) is 7.28. The van der Waals surface area contributed by atoms with Crippen LogP contribution >= 0.6 is 0 Å². The second-order valence-electron chi connectivity index (χ2n) is 6.44. The molecule has 0 unspecified atom stereocenters. The molecule has 0 spiro atoms. The van der Waals surface area contributed by atoms with Crippen LogP contribution in [0.4, 0.5) is 0 Å². The van der Waals surface area contributed by atoms with Crippen LogP contribution in [0.3, 0.4) is 0 Å². The Balaban J connectivity index is 2.16. The highest BCUT2D eigenvalue weighted by molar-refractivity contribution is 4.86. The van der Waals surface area contributed by atoms with Crippen LogP contribution in [-0.4, -0.2) is 40.0 Å². The molecule has 0 bridgehead atoms. The smallest absolute Gasteiger partial charge is 0.0487 e. The van der Waals surface area contributed by atoms with Gasteiger partial charge in [-0.05, 0) is 43.6 Å². The van der Waals surface area contributed by atoms with E-state index in [1.165, 1.54) is 38.6 Å². The molecule has 0 saturated heterocycles. The highest BCUT2D eigenvalue weighted by Gasteiger charge is 2.32. The van der Waals surface area contributed by atoms with Gasteiger partial charge in [-0.3, -0.25) is 0 Å². The first-order valence-electron chi connectivity index (χ1n) is 7.96. The van der Waals surface area contributed by atoms with Crippen molar-refractivity contribution in [1.82, 2.24) is 5.32 Å². The molecule has 0 aliphatic heterocycles. The first kappa shape index (κ1) is 16.9. The Labute approximate surface area is 119 Å². The standard InChI is InChI=1S/C16H33NO2/c1-15(2)13-17-14-16(7-4-5-8-16)9-12-19-11-6-10-18-3/h15,17H,4-14H2,1-3H3. The lowest BCUT2D eigenvalue weighted by atomic mass is 9.83. The SMILES string of the molecule is COCCCOCCC1(CNCC(C)C)CCCC1. The molecule has 1 aliphatic carbocycles. The summed E-state index contributed by atoms with van der Waals surface area (Å²) < 4.78 is 10.8. The van der Waals surface area contributed by atoms with Crippen LogP contribution in [0.5, 0.6) is 0 Å². The minimum absolute atomic E-state index is 0.510. The minimum atomic E-state index is 0.510. The van der Waals surface area contributed by atoms with E-state index in [1.54, 1.807) is 7.11 Å². The molecule has 0 radical (unpaired) electrons. The van der Waals surface area contributed by atoms with Gasteiger partial charge in [0, 0.05) is 33.5 Å². The van der Waals surface area contributed by atoms with E-state index in [0.717, 1.165) is 38.7 Å². The van der Waals surface area contributed by atoms with Crippen LogP contribution in [0.2, 0.25) is 0 Å². The van der Waals surface area contributed by atoms with E-state index < -0.39 is 0 Å². The number of methoxy groups -OCH3 is 1. The maximum Gasteiger partial charge on any atom is 0.0487 e. The van der Waals surface area contributed by atoms with Crippen LogP contribution in [0.1, 0.15) is 52.4 Å². The molecule has 0 heterocycles. The van der Waals surface area contributed by atoms with Crippen LogP contribution in [-0.2, 0) is 9.47 Å². The van der Waals surface area contributed by atoms with Gasteiger partial charge in [0.25, 0.3) is 0 Å². The molecule has 19 heavy (non-hydrogen) atoms. The predicted octanol–water partition coefficient (Wildman–Crippen LogP) is 3.24. The molecule has 1 aliphatic rings. The van der Waals surface area contributed by atoms with Crippen molar-refractivity contribution < 1.29 is 9.47 Å².